The Bertz CT molecular complexity index is 1160. The minimum Gasteiger partial charge on any atom is -0.486 e. The lowest BCUT2D eigenvalue weighted by atomic mass is 10.0. The van der Waals surface area contributed by atoms with E-state index >= 15 is 0 Å². The molecule has 1 amide bonds. The zero-order valence-electron chi connectivity index (χ0n) is 20.0. The molecule has 204 valence electrons. The van der Waals surface area contributed by atoms with Gasteiger partial charge in [0.25, 0.3) is 5.91 Å². The summed E-state index contributed by atoms with van der Waals surface area (Å²) in [5, 5.41) is 10.9. The first-order chi connectivity index (χ1) is 18.0. The molecule has 0 radical (unpaired) electrons. The Morgan fingerprint density at radius 1 is 0.842 bits per heavy atom. The third kappa shape index (κ3) is 8.77. The minimum atomic E-state index is -4.45. The van der Waals surface area contributed by atoms with E-state index in [1.54, 1.807) is 12.1 Å². The second kappa shape index (κ2) is 12.8. The van der Waals surface area contributed by atoms with Gasteiger partial charge in [0.05, 0.1) is 12.2 Å². The second-order valence-electron chi connectivity index (χ2n) is 8.42. The Kier molecular flexibility index (Phi) is 9.76. The lowest BCUT2D eigenvalue weighted by Crippen LogP contribution is -2.25. The molecule has 0 aliphatic rings. The van der Waals surface area contributed by atoms with Crippen LogP contribution in [-0.4, -0.2) is 30.5 Å². The Labute approximate surface area is 214 Å². The van der Waals surface area contributed by atoms with E-state index in [4.69, 9.17) is 9.99 Å². The van der Waals surface area contributed by atoms with Gasteiger partial charge in [0.15, 0.2) is 0 Å². The molecule has 0 aliphatic heterocycles. The Balaban J connectivity index is 1.72. The van der Waals surface area contributed by atoms with E-state index in [2.05, 4.69) is 10.2 Å². The highest BCUT2D eigenvalue weighted by molar-refractivity contribution is 5.94. The van der Waals surface area contributed by atoms with Crippen molar-refractivity contribution in [2.75, 3.05) is 13.2 Å². The van der Waals surface area contributed by atoms with Crippen LogP contribution in [0.5, 0.6) is 5.75 Å². The van der Waals surface area contributed by atoms with Crippen molar-refractivity contribution in [2.24, 2.45) is 0 Å². The van der Waals surface area contributed by atoms with Crippen molar-refractivity contribution < 1.29 is 46.0 Å². The fourth-order valence-corrected chi connectivity index (χ4v) is 3.62. The van der Waals surface area contributed by atoms with Gasteiger partial charge in [-0.2, -0.15) is 26.3 Å². The van der Waals surface area contributed by atoms with Crippen LogP contribution in [0.1, 0.15) is 46.9 Å². The first-order valence-corrected chi connectivity index (χ1v) is 11.6. The number of amides is 1. The lowest BCUT2D eigenvalue weighted by Gasteiger charge is -2.21. The summed E-state index contributed by atoms with van der Waals surface area (Å²) >= 11 is 0. The summed E-state index contributed by atoms with van der Waals surface area (Å²) in [4.78, 5) is 16.1. The van der Waals surface area contributed by atoms with Gasteiger partial charge in [-0.15, -0.1) is 0 Å². The lowest BCUT2D eigenvalue weighted by molar-refractivity contribution is -0.242. The average Bonchev–Trinajstić information content (AvgIpc) is 2.88. The van der Waals surface area contributed by atoms with E-state index in [1.807, 2.05) is 0 Å². The third-order valence-corrected chi connectivity index (χ3v) is 5.61. The van der Waals surface area contributed by atoms with Crippen LogP contribution in [0.2, 0.25) is 0 Å². The van der Waals surface area contributed by atoms with Crippen molar-refractivity contribution in [3.05, 3.63) is 89.5 Å². The molecule has 11 heteroatoms. The van der Waals surface area contributed by atoms with Gasteiger partial charge >= 0.3 is 12.4 Å². The molecular formula is C27H25F6NO4. The van der Waals surface area contributed by atoms with Crippen molar-refractivity contribution in [3.63, 3.8) is 0 Å². The van der Waals surface area contributed by atoms with E-state index in [0.717, 1.165) is 12.1 Å². The summed E-state index contributed by atoms with van der Waals surface area (Å²) in [6, 6.07) is 16.9. The van der Waals surface area contributed by atoms with Gasteiger partial charge in [0, 0.05) is 18.5 Å². The molecule has 1 atom stereocenters. The number of ether oxygens (including phenoxy) is 1. The number of benzene rings is 3. The van der Waals surface area contributed by atoms with Crippen LogP contribution in [0.15, 0.2) is 72.8 Å². The van der Waals surface area contributed by atoms with Crippen LogP contribution in [0.4, 0.5) is 26.3 Å². The fraction of sp³-hybridized carbons (Fsp3) is 0.296. The van der Waals surface area contributed by atoms with Crippen LogP contribution >= 0.6 is 0 Å². The van der Waals surface area contributed by atoms with Gasteiger partial charge < -0.3 is 10.1 Å². The molecular weight excluding hydrogens is 516 g/mol. The number of carbonyl (C=O) groups excluding carboxylic acids is 1. The van der Waals surface area contributed by atoms with Crippen LogP contribution in [0, 0.1) is 0 Å². The number of halogens is 6. The highest BCUT2D eigenvalue weighted by Crippen LogP contribution is 2.34. The van der Waals surface area contributed by atoms with Crippen molar-refractivity contribution in [2.45, 2.75) is 37.7 Å². The quantitative estimate of drug-likeness (QED) is 0.115. The molecule has 0 aromatic heterocycles. The van der Waals surface area contributed by atoms with Gasteiger partial charge in [0.2, 0.25) is 0 Å². The zero-order valence-corrected chi connectivity index (χ0v) is 20.0. The number of hydrogen-bond donors (Lipinski definition) is 2. The third-order valence-electron chi connectivity index (χ3n) is 5.61. The maximum Gasteiger partial charge on any atom is 0.416 e. The standard InChI is InChI=1S/C27H25F6NO4/c28-26(29,30)15-14-24(20-2-4-21(5-3-20)25(35)34-16-1-17-37-36)38-23-12-8-19(9-13-23)18-6-10-22(11-7-18)27(31,32)33/h2-13,24,36H,1,14-17H2,(H,34,35). The van der Waals surface area contributed by atoms with E-state index < -0.39 is 30.4 Å². The van der Waals surface area contributed by atoms with Gasteiger partial charge in [-0.1, -0.05) is 36.4 Å². The highest BCUT2D eigenvalue weighted by Gasteiger charge is 2.30. The summed E-state index contributed by atoms with van der Waals surface area (Å²) < 4.78 is 83.1. The van der Waals surface area contributed by atoms with Crippen LogP contribution < -0.4 is 10.1 Å². The number of alkyl halides is 6. The molecule has 0 aliphatic carbocycles. The van der Waals surface area contributed by atoms with E-state index in [1.165, 1.54) is 48.5 Å². The molecule has 0 heterocycles. The topological polar surface area (TPSA) is 67.8 Å². The first kappa shape index (κ1) is 29.0. The van der Waals surface area contributed by atoms with E-state index in [-0.39, 0.29) is 31.2 Å². The molecule has 0 saturated heterocycles. The average molecular weight is 541 g/mol. The molecule has 0 saturated carbocycles. The molecule has 3 aromatic rings. The summed E-state index contributed by atoms with van der Waals surface area (Å²) in [5.41, 5.74) is 1.11. The van der Waals surface area contributed by atoms with Gasteiger partial charge in [-0.3, -0.25) is 10.1 Å². The van der Waals surface area contributed by atoms with Gasteiger partial charge in [0.1, 0.15) is 11.9 Å². The maximum atomic E-state index is 13.0. The van der Waals surface area contributed by atoms with Crippen LogP contribution in [0.3, 0.4) is 0 Å². The van der Waals surface area contributed by atoms with Gasteiger partial charge in [-0.05, 0) is 65.9 Å². The molecule has 1 unspecified atom stereocenters. The predicted octanol–water partition coefficient (Wildman–Crippen LogP) is 7.44. The molecule has 2 N–H and O–H groups in total. The minimum absolute atomic E-state index is 0.0583. The highest BCUT2D eigenvalue weighted by atomic mass is 19.4. The molecule has 0 fully saturated rings. The summed E-state index contributed by atoms with van der Waals surface area (Å²) in [6.07, 6.45) is -10.9. The first-order valence-electron chi connectivity index (χ1n) is 11.6. The van der Waals surface area contributed by atoms with Crippen molar-refractivity contribution >= 4 is 5.91 Å². The normalized spacial score (nSPS) is 12.7. The summed E-state index contributed by atoms with van der Waals surface area (Å²) in [5.74, 6) is -0.109. The maximum absolute atomic E-state index is 13.0. The number of nitrogens with one attached hydrogen (secondary N) is 1. The molecule has 38 heavy (non-hydrogen) atoms. The number of carbonyl (C=O) groups is 1. The smallest absolute Gasteiger partial charge is 0.416 e. The Hall–Kier alpha value is -3.57. The van der Waals surface area contributed by atoms with E-state index in [0.29, 0.717) is 28.7 Å². The van der Waals surface area contributed by atoms with Crippen molar-refractivity contribution in [1.29, 1.82) is 0 Å². The molecule has 5 nitrogen and oxygen atoms in total. The summed E-state index contributed by atoms with van der Waals surface area (Å²) in [7, 11) is 0. The second-order valence-corrected chi connectivity index (χ2v) is 8.42. The SMILES string of the molecule is O=C(NCCCOO)c1ccc(C(CCC(F)(F)F)Oc2ccc(-c3ccc(C(F)(F)F)cc3)cc2)cc1. The number of hydrogen-bond acceptors (Lipinski definition) is 4. The Morgan fingerprint density at radius 2 is 1.42 bits per heavy atom. The molecule has 3 aromatic carbocycles. The van der Waals surface area contributed by atoms with Crippen LogP contribution in [0.25, 0.3) is 11.1 Å². The van der Waals surface area contributed by atoms with Crippen molar-refractivity contribution in [1.82, 2.24) is 5.32 Å². The molecule has 0 spiro atoms. The monoisotopic (exact) mass is 541 g/mol. The summed E-state index contributed by atoms with van der Waals surface area (Å²) in [6.45, 7) is 0.323. The molecule has 3 rings (SSSR count). The fourth-order valence-electron chi connectivity index (χ4n) is 3.62. The number of rotatable bonds is 11. The predicted molar refractivity (Wildman–Crippen MR) is 128 cm³/mol. The van der Waals surface area contributed by atoms with E-state index in [9.17, 15) is 31.1 Å². The van der Waals surface area contributed by atoms with Gasteiger partial charge in [-0.25, -0.2) is 4.89 Å². The Morgan fingerprint density at radius 3 is 1.95 bits per heavy atom. The zero-order chi connectivity index (χ0) is 27.8. The molecule has 0 bridgehead atoms. The largest absolute Gasteiger partial charge is 0.486 e. The van der Waals surface area contributed by atoms with Crippen molar-refractivity contribution in [3.8, 4) is 16.9 Å². The van der Waals surface area contributed by atoms with Crippen LogP contribution in [-0.2, 0) is 11.1 Å².